The molecule has 0 aliphatic heterocycles. The summed E-state index contributed by atoms with van der Waals surface area (Å²) in [5, 5.41) is 2.77. The minimum atomic E-state index is -0.258. The van der Waals surface area contributed by atoms with Crippen molar-refractivity contribution >= 4 is 23.6 Å². The van der Waals surface area contributed by atoms with Crippen LogP contribution >= 0.6 is 0 Å². The molecule has 5 heteroatoms. The maximum Gasteiger partial charge on any atom is 0.253 e. The van der Waals surface area contributed by atoms with E-state index in [2.05, 4.69) is 10.3 Å². The minimum Gasteiger partial charge on any atom is -0.339 e. The van der Waals surface area contributed by atoms with Gasteiger partial charge in [-0.1, -0.05) is 12.1 Å². The second kappa shape index (κ2) is 8.62. The molecule has 1 aromatic heterocycles. The van der Waals surface area contributed by atoms with Gasteiger partial charge in [0.2, 0.25) is 5.91 Å². The van der Waals surface area contributed by atoms with Crippen molar-refractivity contribution in [1.29, 1.82) is 0 Å². The second-order valence-corrected chi connectivity index (χ2v) is 5.17. The molecule has 0 saturated heterocycles. The molecule has 2 rings (SSSR count). The third kappa shape index (κ3) is 4.78. The average molecular weight is 323 g/mol. The van der Waals surface area contributed by atoms with Crippen molar-refractivity contribution in [2.75, 3.05) is 18.4 Å². The van der Waals surface area contributed by atoms with Crippen molar-refractivity contribution in [2.24, 2.45) is 0 Å². The van der Waals surface area contributed by atoms with Gasteiger partial charge in [0, 0.05) is 42.8 Å². The molecule has 24 heavy (non-hydrogen) atoms. The van der Waals surface area contributed by atoms with Gasteiger partial charge in [-0.25, -0.2) is 0 Å². The Morgan fingerprint density at radius 2 is 1.96 bits per heavy atom. The molecule has 2 amide bonds. The molecule has 0 aliphatic rings. The van der Waals surface area contributed by atoms with Crippen molar-refractivity contribution in [3.63, 3.8) is 0 Å². The van der Waals surface area contributed by atoms with E-state index in [1.54, 1.807) is 53.7 Å². The van der Waals surface area contributed by atoms with Crippen LogP contribution in [0.1, 0.15) is 29.8 Å². The lowest BCUT2D eigenvalue weighted by Crippen LogP contribution is -2.30. The Morgan fingerprint density at radius 1 is 1.17 bits per heavy atom. The van der Waals surface area contributed by atoms with E-state index in [-0.39, 0.29) is 11.8 Å². The fourth-order valence-corrected chi connectivity index (χ4v) is 2.25. The first-order chi connectivity index (χ1) is 11.6. The first-order valence-corrected chi connectivity index (χ1v) is 7.92. The van der Waals surface area contributed by atoms with E-state index >= 15 is 0 Å². The molecule has 5 nitrogen and oxygen atoms in total. The lowest BCUT2D eigenvalue weighted by molar-refractivity contribution is -0.111. The number of hydrogen-bond donors (Lipinski definition) is 1. The quantitative estimate of drug-likeness (QED) is 0.830. The average Bonchev–Trinajstić information content (AvgIpc) is 2.62. The van der Waals surface area contributed by atoms with Crippen LogP contribution in [0.5, 0.6) is 0 Å². The molecule has 0 spiro atoms. The number of benzene rings is 1. The van der Waals surface area contributed by atoms with Crippen LogP contribution in [-0.4, -0.2) is 34.8 Å². The first kappa shape index (κ1) is 17.4. The number of carbonyl (C=O) groups is 2. The minimum absolute atomic E-state index is 0.0398. The van der Waals surface area contributed by atoms with Crippen LogP contribution in [-0.2, 0) is 4.79 Å². The van der Waals surface area contributed by atoms with Gasteiger partial charge in [-0.3, -0.25) is 14.6 Å². The van der Waals surface area contributed by atoms with Crippen molar-refractivity contribution in [2.45, 2.75) is 13.8 Å². The largest absolute Gasteiger partial charge is 0.339 e. The Hall–Kier alpha value is -2.95. The number of nitrogens with one attached hydrogen (secondary N) is 1. The van der Waals surface area contributed by atoms with Crippen LogP contribution in [0.2, 0.25) is 0 Å². The molecule has 1 N–H and O–H groups in total. The number of nitrogens with zero attached hydrogens (tertiary/aromatic N) is 2. The van der Waals surface area contributed by atoms with Crippen molar-refractivity contribution < 1.29 is 9.59 Å². The van der Waals surface area contributed by atoms with Gasteiger partial charge in [0.25, 0.3) is 5.91 Å². The molecule has 0 bridgehead atoms. The van der Waals surface area contributed by atoms with Gasteiger partial charge in [-0.15, -0.1) is 0 Å². The van der Waals surface area contributed by atoms with Crippen LogP contribution in [0.3, 0.4) is 0 Å². The maximum absolute atomic E-state index is 12.3. The molecule has 1 aromatic carbocycles. The number of amides is 2. The summed E-state index contributed by atoms with van der Waals surface area (Å²) >= 11 is 0. The Kier molecular flexibility index (Phi) is 6.25. The molecule has 0 atom stereocenters. The molecule has 124 valence electrons. The zero-order valence-electron chi connectivity index (χ0n) is 13.9. The predicted octanol–water partition coefficient (Wildman–Crippen LogP) is 3.22. The smallest absolute Gasteiger partial charge is 0.253 e. The van der Waals surface area contributed by atoms with E-state index in [0.717, 1.165) is 5.56 Å². The zero-order valence-corrected chi connectivity index (χ0v) is 13.9. The SMILES string of the molecule is CCN(CC)C(=O)c1cccc(NC(=O)/C=C/c2cccnc2)c1. The molecular weight excluding hydrogens is 302 g/mol. The lowest BCUT2D eigenvalue weighted by Gasteiger charge is -2.18. The predicted molar refractivity (Wildman–Crippen MR) is 95.6 cm³/mol. The summed E-state index contributed by atoms with van der Waals surface area (Å²) in [6, 6.07) is 10.6. The number of carbonyl (C=O) groups excluding carboxylic acids is 2. The highest BCUT2D eigenvalue weighted by atomic mass is 16.2. The first-order valence-electron chi connectivity index (χ1n) is 7.92. The third-order valence-corrected chi connectivity index (χ3v) is 3.54. The molecule has 0 aliphatic carbocycles. The second-order valence-electron chi connectivity index (χ2n) is 5.17. The van der Waals surface area contributed by atoms with Crippen LogP contribution in [0.25, 0.3) is 6.08 Å². The number of rotatable bonds is 6. The van der Waals surface area contributed by atoms with E-state index in [4.69, 9.17) is 0 Å². The van der Waals surface area contributed by atoms with Gasteiger partial charge in [0.05, 0.1) is 0 Å². The molecule has 0 unspecified atom stereocenters. The van der Waals surface area contributed by atoms with Crippen LogP contribution in [0, 0.1) is 0 Å². The summed E-state index contributed by atoms with van der Waals surface area (Å²) < 4.78 is 0. The van der Waals surface area contributed by atoms with Gasteiger partial charge in [-0.2, -0.15) is 0 Å². The zero-order chi connectivity index (χ0) is 17.4. The van der Waals surface area contributed by atoms with E-state index in [9.17, 15) is 9.59 Å². The van der Waals surface area contributed by atoms with Gasteiger partial charge in [0.15, 0.2) is 0 Å². The fourth-order valence-electron chi connectivity index (χ4n) is 2.25. The van der Waals surface area contributed by atoms with E-state index < -0.39 is 0 Å². The summed E-state index contributed by atoms with van der Waals surface area (Å²) in [6.45, 7) is 5.19. The molecule has 0 fully saturated rings. The van der Waals surface area contributed by atoms with Crippen molar-refractivity contribution in [3.05, 3.63) is 66.0 Å². The highest BCUT2D eigenvalue weighted by molar-refractivity contribution is 6.03. The molecular formula is C19H21N3O2. The summed E-state index contributed by atoms with van der Waals surface area (Å²) in [4.78, 5) is 30.1. The standard InChI is InChI=1S/C19H21N3O2/c1-3-22(4-2)19(24)16-8-5-9-17(13-16)21-18(23)11-10-15-7-6-12-20-14-15/h5-14H,3-4H2,1-2H3,(H,21,23)/b11-10+. The van der Waals surface area contributed by atoms with Crippen LogP contribution < -0.4 is 5.32 Å². The van der Waals surface area contributed by atoms with Gasteiger partial charge >= 0.3 is 0 Å². The molecule has 2 aromatic rings. The summed E-state index contributed by atoms with van der Waals surface area (Å²) in [5.41, 5.74) is 2.00. The normalized spacial score (nSPS) is 10.6. The van der Waals surface area contributed by atoms with E-state index in [0.29, 0.717) is 24.3 Å². The molecule has 1 heterocycles. The highest BCUT2D eigenvalue weighted by Crippen LogP contribution is 2.13. The lowest BCUT2D eigenvalue weighted by atomic mass is 10.1. The Labute approximate surface area is 142 Å². The van der Waals surface area contributed by atoms with Gasteiger partial charge in [0.1, 0.15) is 0 Å². The summed E-state index contributed by atoms with van der Waals surface area (Å²) in [7, 11) is 0. The Morgan fingerprint density at radius 3 is 2.62 bits per heavy atom. The summed E-state index contributed by atoms with van der Waals surface area (Å²) in [6.07, 6.45) is 6.48. The summed E-state index contributed by atoms with van der Waals surface area (Å²) in [5.74, 6) is -0.298. The molecule has 0 radical (unpaired) electrons. The van der Waals surface area contributed by atoms with Crippen LogP contribution in [0.15, 0.2) is 54.9 Å². The number of hydrogen-bond acceptors (Lipinski definition) is 3. The van der Waals surface area contributed by atoms with Crippen molar-refractivity contribution in [3.8, 4) is 0 Å². The number of pyridine rings is 1. The monoisotopic (exact) mass is 323 g/mol. The van der Waals surface area contributed by atoms with Crippen molar-refractivity contribution in [1.82, 2.24) is 9.88 Å². The van der Waals surface area contributed by atoms with E-state index in [1.807, 2.05) is 19.9 Å². The highest BCUT2D eigenvalue weighted by Gasteiger charge is 2.12. The van der Waals surface area contributed by atoms with Gasteiger partial charge < -0.3 is 10.2 Å². The van der Waals surface area contributed by atoms with Crippen LogP contribution in [0.4, 0.5) is 5.69 Å². The Bertz CT molecular complexity index is 722. The maximum atomic E-state index is 12.3. The van der Waals surface area contributed by atoms with E-state index in [1.165, 1.54) is 6.08 Å². The number of anilines is 1. The Balaban J connectivity index is 2.05. The third-order valence-electron chi connectivity index (χ3n) is 3.54. The fraction of sp³-hybridized carbons (Fsp3) is 0.211. The molecule has 0 saturated carbocycles. The number of aromatic nitrogens is 1. The van der Waals surface area contributed by atoms with Gasteiger partial charge in [-0.05, 0) is 49.8 Å². The topological polar surface area (TPSA) is 62.3 Å².